The Morgan fingerprint density at radius 2 is 2.15 bits per heavy atom. The topological polar surface area (TPSA) is 103 Å². The second-order valence-electron chi connectivity index (χ2n) is 3.94. The van der Waals surface area contributed by atoms with Crippen molar-refractivity contribution in [1.29, 1.82) is 0 Å². The van der Waals surface area contributed by atoms with Gasteiger partial charge in [-0.15, -0.1) is 0 Å². The maximum atomic E-state index is 13.4. The van der Waals surface area contributed by atoms with Crippen LogP contribution < -0.4 is 16.0 Å². The van der Waals surface area contributed by atoms with Crippen LogP contribution in [0.5, 0.6) is 11.6 Å². The largest absolute Gasteiger partial charge is 0.434 e. The molecule has 0 bridgehead atoms. The Morgan fingerprint density at radius 3 is 2.75 bits per heavy atom. The first kappa shape index (κ1) is 13.7. The molecule has 2 rings (SSSR count). The average Bonchev–Trinajstić information content (AvgIpc) is 2.42. The molecule has 2 aromatic rings. The molecular formula is C12H11FN4O3. The van der Waals surface area contributed by atoms with Gasteiger partial charge in [0.05, 0.1) is 4.92 Å². The van der Waals surface area contributed by atoms with E-state index in [9.17, 15) is 14.5 Å². The molecular weight excluding hydrogens is 267 g/mol. The molecule has 1 heterocycles. The van der Waals surface area contributed by atoms with E-state index in [1.54, 1.807) is 6.92 Å². The van der Waals surface area contributed by atoms with Gasteiger partial charge in [-0.1, -0.05) is 6.07 Å². The number of nitrogen functional groups attached to an aromatic ring is 1. The lowest BCUT2D eigenvalue weighted by Gasteiger charge is -2.07. The Morgan fingerprint density at radius 1 is 1.40 bits per heavy atom. The number of rotatable bonds is 4. The smallest absolute Gasteiger partial charge is 0.331 e. The number of anilines is 1. The van der Waals surface area contributed by atoms with Crippen LogP contribution in [0.25, 0.3) is 0 Å². The van der Waals surface area contributed by atoms with Gasteiger partial charge >= 0.3 is 11.6 Å². The van der Waals surface area contributed by atoms with Crippen molar-refractivity contribution in [3.63, 3.8) is 0 Å². The number of nitrogens with one attached hydrogen (secondary N) is 1. The van der Waals surface area contributed by atoms with Gasteiger partial charge in [-0.2, -0.15) is 4.98 Å². The number of nitrogens with zero attached hydrogens (tertiary/aromatic N) is 2. The van der Waals surface area contributed by atoms with Gasteiger partial charge in [0.1, 0.15) is 17.4 Å². The molecule has 20 heavy (non-hydrogen) atoms. The Labute approximate surface area is 113 Å². The number of hydrogen-bond acceptors (Lipinski definition) is 6. The second-order valence-corrected chi connectivity index (χ2v) is 3.94. The van der Waals surface area contributed by atoms with Crippen molar-refractivity contribution in [3.8, 4) is 11.6 Å². The third-order valence-corrected chi connectivity index (χ3v) is 2.54. The van der Waals surface area contributed by atoms with Crippen molar-refractivity contribution < 1.29 is 14.1 Å². The standard InChI is InChI=1S/C12H11FN4O3/c1-7-2-3-8(6-9(7)13)20-12-10(17(18)19)4-5-11(15-12)16-14/h2-6H,14H2,1H3,(H,15,16). The van der Waals surface area contributed by atoms with Crippen LogP contribution in [0.4, 0.5) is 15.9 Å². The maximum Gasteiger partial charge on any atom is 0.331 e. The summed E-state index contributed by atoms with van der Waals surface area (Å²) in [6.45, 7) is 1.60. The number of aromatic nitrogens is 1. The maximum absolute atomic E-state index is 13.4. The average molecular weight is 278 g/mol. The summed E-state index contributed by atoms with van der Waals surface area (Å²) in [6.07, 6.45) is 0. The lowest BCUT2D eigenvalue weighted by atomic mass is 10.2. The molecule has 3 N–H and O–H groups in total. The fourth-order valence-corrected chi connectivity index (χ4v) is 1.48. The van der Waals surface area contributed by atoms with E-state index in [-0.39, 0.29) is 23.1 Å². The van der Waals surface area contributed by atoms with Crippen molar-refractivity contribution >= 4 is 11.5 Å². The summed E-state index contributed by atoms with van der Waals surface area (Å²) < 4.78 is 18.7. The fraction of sp³-hybridized carbons (Fsp3) is 0.0833. The predicted octanol–water partition coefficient (Wildman–Crippen LogP) is 2.52. The van der Waals surface area contributed by atoms with E-state index in [4.69, 9.17) is 10.6 Å². The van der Waals surface area contributed by atoms with Crippen molar-refractivity contribution in [1.82, 2.24) is 4.98 Å². The third-order valence-electron chi connectivity index (χ3n) is 2.54. The van der Waals surface area contributed by atoms with Gasteiger partial charge in [0.2, 0.25) is 0 Å². The number of halogens is 1. The molecule has 0 aliphatic carbocycles. The van der Waals surface area contributed by atoms with Crippen LogP contribution in [-0.4, -0.2) is 9.91 Å². The Hall–Kier alpha value is -2.74. The lowest BCUT2D eigenvalue weighted by Crippen LogP contribution is -2.09. The molecule has 0 fully saturated rings. The fourth-order valence-electron chi connectivity index (χ4n) is 1.48. The first-order valence-electron chi connectivity index (χ1n) is 5.57. The van der Waals surface area contributed by atoms with E-state index < -0.39 is 10.7 Å². The zero-order valence-corrected chi connectivity index (χ0v) is 10.5. The van der Waals surface area contributed by atoms with Gasteiger partial charge < -0.3 is 10.2 Å². The molecule has 8 heteroatoms. The molecule has 0 amide bonds. The highest BCUT2D eigenvalue weighted by molar-refractivity contribution is 5.50. The third kappa shape index (κ3) is 2.81. The monoisotopic (exact) mass is 278 g/mol. The van der Waals surface area contributed by atoms with E-state index in [1.165, 1.54) is 24.3 Å². The number of aryl methyl sites for hydroxylation is 1. The number of ether oxygens (including phenoxy) is 1. The Kier molecular flexibility index (Phi) is 3.76. The van der Waals surface area contributed by atoms with Crippen molar-refractivity contribution in [2.24, 2.45) is 5.84 Å². The summed E-state index contributed by atoms with van der Waals surface area (Å²) in [6, 6.07) is 6.65. The molecule has 0 atom stereocenters. The number of hydrogen-bond donors (Lipinski definition) is 2. The molecule has 0 aliphatic rings. The zero-order chi connectivity index (χ0) is 14.7. The summed E-state index contributed by atoms with van der Waals surface area (Å²) in [4.78, 5) is 14.1. The SMILES string of the molecule is Cc1ccc(Oc2nc(NN)ccc2[N+](=O)[O-])cc1F. The van der Waals surface area contributed by atoms with Gasteiger partial charge in [-0.25, -0.2) is 10.2 Å². The van der Waals surface area contributed by atoms with Crippen LogP contribution in [0.3, 0.4) is 0 Å². The molecule has 0 spiro atoms. The molecule has 0 saturated heterocycles. The van der Waals surface area contributed by atoms with Crippen LogP contribution in [-0.2, 0) is 0 Å². The highest BCUT2D eigenvalue weighted by Gasteiger charge is 2.18. The number of pyridine rings is 1. The minimum absolute atomic E-state index is 0.109. The highest BCUT2D eigenvalue weighted by atomic mass is 19.1. The number of nitro groups is 1. The summed E-state index contributed by atoms with van der Waals surface area (Å²) >= 11 is 0. The minimum atomic E-state index is -0.646. The number of nitrogens with two attached hydrogens (primary N) is 1. The molecule has 104 valence electrons. The molecule has 0 radical (unpaired) electrons. The Balaban J connectivity index is 2.40. The van der Waals surface area contributed by atoms with Crippen molar-refractivity contribution in [2.45, 2.75) is 6.92 Å². The number of benzene rings is 1. The molecule has 0 aliphatic heterocycles. The van der Waals surface area contributed by atoms with Gasteiger partial charge in [0, 0.05) is 12.1 Å². The lowest BCUT2D eigenvalue weighted by molar-refractivity contribution is -0.386. The normalized spacial score (nSPS) is 10.2. The molecule has 0 unspecified atom stereocenters. The minimum Gasteiger partial charge on any atom is -0.434 e. The van der Waals surface area contributed by atoms with E-state index in [0.717, 1.165) is 6.07 Å². The van der Waals surface area contributed by atoms with Crippen molar-refractivity contribution in [3.05, 3.63) is 51.8 Å². The van der Waals surface area contributed by atoms with Crippen LogP contribution in [0.2, 0.25) is 0 Å². The summed E-state index contributed by atoms with van der Waals surface area (Å²) in [5.74, 6) is 4.74. The van der Waals surface area contributed by atoms with Crippen molar-refractivity contribution in [2.75, 3.05) is 5.43 Å². The van der Waals surface area contributed by atoms with Gasteiger partial charge in [-0.3, -0.25) is 10.1 Å². The first-order chi connectivity index (χ1) is 9.51. The zero-order valence-electron chi connectivity index (χ0n) is 10.5. The molecule has 0 saturated carbocycles. The first-order valence-corrected chi connectivity index (χ1v) is 5.57. The van der Waals surface area contributed by atoms with Gasteiger partial charge in [0.15, 0.2) is 0 Å². The van der Waals surface area contributed by atoms with Crippen LogP contribution in [0, 0.1) is 22.9 Å². The number of hydrazine groups is 1. The van der Waals surface area contributed by atoms with E-state index in [2.05, 4.69) is 10.4 Å². The van der Waals surface area contributed by atoms with Crippen LogP contribution in [0.1, 0.15) is 5.56 Å². The van der Waals surface area contributed by atoms with Crippen LogP contribution >= 0.6 is 0 Å². The quantitative estimate of drug-likeness (QED) is 0.506. The van der Waals surface area contributed by atoms with E-state index in [0.29, 0.717) is 5.56 Å². The summed E-state index contributed by atoms with van der Waals surface area (Å²) in [5, 5.41) is 10.9. The van der Waals surface area contributed by atoms with Crippen LogP contribution in [0.15, 0.2) is 30.3 Å². The van der Waals surface area contributed by atoms with Gasteiger partial charge in [0.25, 0.3) is 0 Å². The predicted molar refractivity (Wildman–Crippen MR) is 69.9 cm³/mol. The molecule has 7 nitrogen and oxygen atoms in total. The molecule has 1 aromatic heterocycles. The van der Waals surface area contributed by atoms with Gasteiger partial charge in [-0.05, 0) is 24.6 Å². The second kappa shape index (κ2) is 5.49. The summed E-state index contributed by atoms with van der Waals surface area (Å²) in [5.41, 5.74) is 2.35. The van der Waals surface area contributed by atoms with E-state index >= 15 is 0 Å². The summed E-state index contributed by atoms with van der Waals surface area (Å²) in [7, 11) is 0. The van der Waals surface area contributed by atoms with E-state index in [1.807, 2.05) is 0 Å². The Bertz CT molecular complexity index is 663. The highest BCUT2D eigenvalue weighted by Crippen LogP contribution is 2.31. The molecule has 1 aromatic carbocycles.